The Kier molecular flexibility index (Phi) is 5.54. The molecule has 0 bridgehead atoms. The summed E-state index contributed by atoms with van der Waals surface area (Å²) in [6, 6.07) is 9.75. The van der Waals surface area contributed by atoms with Crippen molar-refractivity contribution < 1.29 is 5.11 Å². The fourth-order valence-electron chi connectivity index (χ4n) is 2.35. The van der Waals surface area contributed by atoms with Crippen LogP contribution in [0, 0.1) is 17.2 Å². The summed E-state index contributed by atoms with van der Waals surface area (Å²) < 4.78 is 2.69. The zero-order valence-corrected chi connectivity index (χ0v) is 16.3. The molecule has 3 rings (SSSR count). The van der Waals surface area contributed by atoms with Gasteiger partial charge in [0.05, 0.1) is 15.5 Å². The van der Waals surface area contributed by atoms with Crippen molar-refractivity contribution in [3.05, 3.63) is 35.0 Å². The minimum absolute atomic E-state index is 0.0179. The Labute approximate surface area is 159 Å². The van der Waals surface area contributed by atoms with E-state index < -0.39 is 0 Å². The molecule has 3 aromatic rings. The Bertz CT molecular complexity index is 951. The number of aromatic nitrogens is 5. The predicted octanol–water partition coefficient (Wildman–Crippen LogP) is 3.91. The van der Waals surface area contributed by atoms with E-state index in [-0.39, 0.29) is 16.6 Å². The van der Waals surface area contributed by atoms with E-state index in [4.69, 9.17) is 0 Å². The van der Waals surface area contributed by atoms with Crippen LogP contribution in [-0.4, -0.2) is 35.5 Å². The Morgan fingerprint density at radius 3 is 2.81 bits per heavy atom. The number of hydrogen-bond acceptors (Lipinski definition) is 8. The molecule has 2 aromatic heterocycles. The van der Waals surface area contributed by atoms with Gasteiger partial charge in [-0.25, -0.2) is 9.67 Å². The molecule has 0 aliphatic carbocycles. The molecule has 26 heavy (non-hydrogen) atoms. The lowest BCUT2D eigenvalue weighted by Gasteiger charge is -2.12. The predicted molar refractivity (Wildman–Crippen MR) is 103 cm³/mol. The molecule has 9 heteroatoms. The maximum Gasteiger partial charge on any atom is 0.210 e. The number of thiazole rings is 1. The van der Waals surface area contributed by atoms with Gasteiger partial charge < -0.3 is 5.11 Å². The summed E-state index contributed by atoms with van der Waals surface area (Å²) in [4.78, 5) is 4.46. The zero-order valence-electron chi connectivity index (χ0n) is 14.6. The van der Waals surface area contributed by atoms with Crippen LogP contribution in [0.2, 0.25) is 0 Å². The number of hydrogen-bond donors (Lipinski definition) is 1. The first-order valence-corrected chi connectivity index (χ1v) is 9.81. The molecule has 1 atom stereocenters. The van der Waals surface area contributed by atoms with Crippen LogP contribution in [0.1, 0.15) is 25.8 Å². The Morgan fingerprint density at radius 2 is 2.12 bits per heavy atom. The summed E-state index contributed by atoms with van der Waals surface area (Å²) in [7, 11) is 0. The third kappa shape index (κ3) is 3.86. The second-order valence-corrected chi connectivity index (χ2v) is 8.49. The van der Waals surface area contributed by atoms with E-state index in [0.717, 1.165) is 10.2 Å². The topological polar surface area (TPSA) is 101 Å². The smallest absolute Gasteiger partial charge is 0.210 e. The molecule has 0 amide bonds. The fourth-order valence-corrected chi connectivity index (χ4v) is 4.18. The van der Waals surface area contributed by atoms with E-state index in [2.05, 4.69) is 40.4 Å². The van der Waals surface area contributed by atoms with E-state index >= 15 is 0 Å². The van der Waals surface area contributed by atoms with E-state index in [9.17, 15) is 10.4 Å². The van der Waals surface area contributed by atoms with Gasteiger partial charge in [-0.15, -0.1) is 16.4 Å². The van der Waals surface area contributed by atoms with E-state index in [1.165, 1.54) is 23.1 Å². The van der Waals surface area contributed by atoms with Crippen LogP contribution in [0.5, 0.6) is 0 Å². The fraction of sp³-hybridized carbons (Fsp3) is 0.353. The molecule has 1 N–H and O–H groups in total. The van der Waals surface area contributed by atoms with Gasteiger partial charge in [-0.3, -0.25) is 0 Å². The molecule has 0 saturated heterocycles. The van der Waals surface area contributed by atoms with Gasteiger partial charge in [0.1, 0.15) is 22.4 Å². The first-order valence-electron chi connectivity index (χ1n) is 8.11. The van der Waals surface area contributed by atoms with Crippen molar-refractivity contribution in [2.75, 3.05) is 0 Å². The number of rotatable bonds is 6. The number of nitriles is 1. The van der Waals surface area contributed by atoms with Crippen molar-refractivity contribution in [3.63, 3.8) is 0 Å². The Morgan fingerprint density at radius 1 is 1.35 bits per heavy atom. The molecule has 0 radical (unpaired) electrons. The van der Waals surface area contributed by atoms with Gasteiger partial charge in [-0.05, 0) is 35.4 Å². The van der Waals surface area contributed by atoms with Crippen molar-refractivity contribution in [1.29, 1.82) is 5.26 Å². The number of tetrazole rings is 1. The molecule has 0 aliphatic rings. The molecule has 0 fully saturated rings. The third-order valence-corrected chi connectivity index (χ3v) is 5.71. The molecule has 0 spiro atoms. The average molecular weight is 387 g/mol. The van der Waals surface area contributed by atoms with Crippen LogP contribution in [0.3, 0.4) is 0 Å². The van der Waals surface area contributed by atoms with E-state index in [1.807, 2.05) is 31.2 Å². The number of nitrogens with zero attached hydrogens (tertiary/aromatic N) is 6. The van der Waals surface area contributed by atoms with E-state index in [0.29, 0.717) is 22.6 Å². The third-order valence-electron chi connectivity index (χ3n) is 3.58. The van der Waals surface area contributed by atoms with Crippen molar-refractivity contribution in [1.82, 2.24) is 25.2 Å². The minimum atomic E-state index is -0.381. The van der Waals surface area contributed by atoms with Crippen molar-refractivity contribution in [2.45, 2.75) is 37.7 Å². The molecule has 2 heterocycles. The number of allylic oxidation sites excluding steroid dienone is 1. The maximum absolute atomic E-state index is 10.7. The number of aliphatic hydroxyl groups excluding tert-OH is 1. The summed E-state index contributed by atoms with van der Waals surface area (Å²) in [6.07, 6.45) is 0. The standard InChI is InChI=1S/C17H18N6OS2/c1-10(2)9-23-17(20-21-22-23)25-11(3)15(24)12(8-18)16-19-13-6-4-5-7-14(13)26-16/h4-7,10-11,24H,9H2,1-3H3/t11-/m1/s1. The summed E-state index contributed by atoms with van der Waals surface area (Å²) in [5.74, 6) is 0.380. The first-order chi connectivity index (χ1) is 12.5. The van der Waals surface area contributed by atoms with Gasteiger partial charge in [0.25, 0.3) is 0 Å². The molecule has 134 valence electrons. The number of benzene rings is 1. The van der Waals surface area contributed by atoms with Crippen LogP contribution in [0.15, 0.2) is 35.2 Å². The molecular formula is C17H18N6OS2. The zero-order chi connectivity index (χ0) is 18.7. The normalized spacial score (nSPS) is 13.7. The van der Waals surface area contributed by atoms with Crippen molar-refractivity contribution in [2.24, 2.45) is 5.92 Å². The first kappa shape index (κ1) is 18.4. The summed E-state index contributed by atoms with van der Waals surface area (Å²) in [5, 5.41) is 32.7. The van der Waals surface area contributed by atoms with Gasteiger partial charge in [0.2, 0.25) is 5.16 Å². The van der Waals surface area contributed by atoms with Crippen LogP contribution >= 0.6 is 23.1 Å². The second kappa shape index (κ2) is 7.85. The molecule has 0 unspecified atom stereocenters. The highest BCUT2D eigenvalue weighted by Gasteiger charge is 2.21. The Hall–Kier alpha value is -2.44. The highest BCUT2D eigenvalue weighted by molar-refractivity contribution is 7.99. The molecule has 0 aliphatic heterocycles. The van der Waals surface area contributed by atoms with Crippen LogP contribution in [-0.2, 0) is 6.54 Å². The SMILES string of the molecule is CC(C)Cn1nnnc1S[C@H](C)C(O)=C(C#N)c1nc2ccccc2s1. The van der Waals surface area contributed by atoms with Crippen LogP contribution in [0.25, 0.3) is 15.8 Å². The summed E-state index contributed by atoms with van der Waals surface area (Å²) in [6.45, 7) is 6.67. The van der Waals surface area contributed by atoms with Gasteiger partial charge in [0, 0.05) is 6.54 Å². The molecular weight excluding hydrogens is 368 g/mol. The highest BCUT2D eigenvalue weighted by Crippen LogP contribution is 2.32. The summed E-state index contributed by atoms with van der Waals surface area (Å²) >= 11 is 2.71. The Balaban J connectivity index is 1.88. The van der Waals surface area contributed by atoms with Gasteiger partial charge in [-0.2, -0.15) is 5.26 Å². The monoisotopic (exact) mass is 386 g/mol. The number of para-hydroxylation sites is 1. The lowest BCUT2D eigenvalue weighted by molar-refractivity contribution is 0.401. The highest BCUT2D eigenvalue weighted by atomic mass is 32.2. The van der Waals surface area contributed by atoms with E-state index in [1.54, 1.807) is 4.68 Å². The minimum Gasteiger partial charge on any atom is -0.510 e. The maximum atomic E-state index is 10.7. The number of thioether (sulfide) groups is 1. The molecule has 1 aromatic carbocycles. The van der Waals surface area contributed by atoms with Gasteiger partial charge in [0.15, 0.2) is 0 Å². The molecule has 0 saturated carbocycles. The lowest BCUT2D eigenvalue weighted by Crippen LogP contribution is -2.10. The van der Waals surface area contributed by atoms with Gasteiger partial charge >= 0.3 is 0 Å². The van der Waals surface area contributed by atoms with Crippen molar-refractivity contribution >= 4 is 38.9 Å². The number of fused-ring (bicyclic) bond motifs is 1. The quantitative estimate of drug-likeness (QED) is 0.389. The second-order valence-electron chi connectivity index (χ2n) is 6.16. The van der Waals surface area contributed by atoms with Crippen LogP contribution in [0.4, 0.5) is 0 Å². The lowest BCUT2D eigenvalue weighted by atomic mass is 10.2. The van der Waals surface area contributed by atoms with Gasteiger partial charge in [-0.1, -0.05) is 37.7 Å². The largest absolute Gasteiger partial charge is 0.510 e. The summed E-state index contributed by atoms with van der Waals surface area (Å²) in [5.41, 5.74) is 1.00. The number of aliphatic hydroxyl groups is 1. The van der Waals surface area contributed by atoms with Crippen molar-refractivity contribution in [3.8, 4) is 6.07 Å². The average Bonchev–Trinajstić information content (AvgIpc) is 3.21. The molecule has 7 nitrogen and oxygen atoms in total. The van der Waals surface area contributed by atoms with Crippen LogP contribution < -0.4 is 0 Å².